The van der Waals surface area contributed by atoms with Crippen LogP contribution in [0.4, 0.5) is 4.39 Å². The summed E-state index contributed by atoms with van der Waals surface area (Å²) < 4.78 is 42.7. The Kier molecular flexibility index (Phi) is 11.4. The number of esters is 2. The van der Waals surface area contributed by atoms with E-state index in [-0.39, 0.29) is 58.9 Å². The molecule has 0 spiro atoms. The Bertz CT molecular complexity index is 2110. The van der Waals surface area contributed by atoms with E-state index in [1.165, 1.54) is 29.9 Å². The fourth-order valence-corrected chi connectivity index (χ4v) is 6.70. The molecule has 0 amide bonds. The van der Waals surface area contributed by atoms with Gasteiger partial charge in [-0.2, -0.15) is 0 Å². The van der Waals surface area contributed by atoms with Crippen LogP contribution in [0.1, 0.15) is 43.5 Å². The predicted molar refractivity (Wildman–Crippen MR) is 183 cm³/mol. The number of hydrogen-bond acceptors (Lipinski definition) is 10. The summed E-state index contributed by atoms with van der Waals surface area (Å²) in [4.78, 5) is 44.4. The number of nitrogens with zero attached hydrogens (tertiary/aromatic N) is 2. The Morgan fingerprint density at radius 1 is 1.00 bits per heavy atom. The van der Waals surface area contributed by atoms with Gasteiger partial charge in [0.15, 0.2) is 22.9 Å². The van der Waals surface area contributed by atoms with Crippen molar-refractivity contribution in [2.24, 2.45) is 4.99 Å². The number of thiazole rings is 1. The number of aromatic nitrogens is 1. The van der Waals surface area contributed by atoms with Crippen LogP contribution in [0.2, 0.25) is 10.0 Å². The van der Waals surface area contributed by atoms with Gasteiger partial charge in [-0.25, -0.2) is 19.0 Å². The molecular weight excluding hydrogens is 698 g/mol. The van der Waals surface area contributed by atoms with Gasteiger partial charge in [-0.3, -0.25) is 9.36 Å². The smallest absolute Gasteiger partial charge is 0.343 e. The third-order valence-electron chi connectivity index (χ3n) is 7.29. The molecule has 0 N–H and O–H groups in total. The van der Waals surface area contributed by atoms with Crippen LogP contribution in [0.15, 0.2) is 75.7 Å². The predicted octanol–water partition coefficient (Wildman–Crippen LogP) is 5.77. The molecule has 0 bridgehead atoms. The quantitative estimate of drug-likeness (QED) is 0.169. The normalized spacial score (nSPS) is 14.2. The summed E-state index contributed by atoms with van der Waals surface area (Å²) in [7, 11) is 1.25. The third-order valence-corrected chi connectivity index (χ3v) is 8.78. The van der Waals surface area contributed by atoms with Gasteiger partial charge >= 0.3 is 11.9 Å². The van der Waals surface area contributed by atoms with Crippen LogP contribution >= 0.6 is 34.5 Å². The number of carbonyl (C=O) groups is 2. The zero-order chi connectivity index (χ0) is 35.2. The number of allylic oxidation sites excluding steroid dienone is 1. The molecule has 0 saturated heterocycles. The minimum absolute atomic E-state index is 0.0767. The Morgan fingerprint density at radius 3 is 2.45 bits per heavy atom. The summed E-state index contributed by atoms with van der Waals surface area (Å²) >= 11 is 14.0. The van der Waals surface area contributed by atoms with Gasteiger partial charge in [-0.15, -0.1) is 0 Å². The highest BCUT2D eigenvalue weighted by atomic mass is 35.5. The summed E-state index contributed by atoms with van der Waals surface area (Å²) in [6.45, 7) is 5.25. The summed E-state index contributed by atoms with van der Waals surface area (Å²) in [5.41, 5.74) is 1.72. The van der Waals surface area contributed by atoms with Crippen LogP contribution in [0, 0.1) is 5.82 Å². The lowest BCUT2D eigenvalue weighted by molar-refractivity contribution is -0.143. The van der Waals surface area contributed by atoms with Crippen molar-refractivity contribution in [3.63, 3.8) is 0 Å². The second kappa shape index (κ2) is 15.7. The molecule has 0 radical (unpaired) electrons. The van der Waals surface area contributed by atoms with Crippen LogP contribution < -0.4 is 29.1 Å². The van der Waals surface area contributed by atoms with Crippen LogP contribution in [-0.2, 0) is 25.7 Å². The Hall–Kier alpha value is -4.65. The highest BCUT2D eigenvalue weighted by Gasteiger charge is 2.34. The van der Waals surface area contributed by atoms with Crippen LogP contribution in [0.3, 0.4) is 0 Å². The van der Waals surface area contributed by atoms with E-state index in [0.717, 1.165) is 11.3 Å². The summed E-state index contributed by atoms with van der Waals surface area (Å²) in [6.07, 6.45) is 1.59. The topological polar surface area (TPSA) is 115 Å². The molecular formula is C35H31Cl2FN2O8S. The standard InChI is InChI=1S/C35H31Cl2FN2O8S/c1-5-45-27-14-21(9-12-26(27)47-18-29(41)44-4)31-30(34(43)46-6-2)19(3)39-35-40(31)33(42)28(49-35)15-22-13-23(36)16-25(37)32(22)48-17-20-7-10-24(38)11-8-20/h7-16,31H,5-6,17-18H2,1-4H3/b28-15+/t31-/m1/s1. The average Bonchev–Trinajstić information content (AvgIpc) is 3.37. The summed E-state index contributed by atoms with van der Waals surface area (Å²) in [6, 6.07) is 12.9. The first kappa shape index (κ1) is 35.7. The second-order valence-corrected chi connectivity index (χ2v) is 12.4. The van der Waals surface area contributed by atoms with Crippen LogP contribution in [-0.4, -0.2) is 43.4 Å². The first-order valence-corrected chi connectivity index (χ1v) is 16.6. The van der Waals surface area contributed by atoms with Gasteiger partial charge in [-0.1, -0.05) is 52.7 Å². The lowest BCUT2D eigenvalue weighted by atomic mass is 9.95. The molecule has 1 atom stereocenters. The van der Waals surface area contributed by atoms with E-state index in [0.29, 0.717) is 38.0 Å². The zero-order valence-corrected chi connectivity index (χ0v) is 29.2. The van der Waals surface area contributed by atoms with Crippen molar-refractivity contribution >= 4 is 52.6 Å². The summed E-state index contributed by atoms with van der Waals surface area (Å²) in [5, 5.41) is 0.527. The highest BCUT2D eigenvalue weighted by molar-refractivity contribution is 7.07. The average molecular weight is 730 g/mol. The van der Waals surface area contributed by atoms with Crippen molar-refractivity contribution in [1.29, 1.82) is 0 Å². The van der Waals surface area contributed by atoms with Crippen molar-refractivity contribution < 1.29 is 37.7 Å². The molecule has 0 fully saturated rings. The van der Waals surface area contributed by atoms with Gasteiger partial charge in [0.05, 0.1) is 47.2 Å². The van der Waals surface area contributed by atoms with Crippen LogP contribution in [0.25, 0.3) is 6.08 Å². The minimum Gasteiger partial charge on any atom is -0.490 e. The number of carbonyl (C=O) groups excluding carboxylic acids is 2. The number of halogens is 3. The van der Waals surface area contributed by atoms with Gasteiger partial charge < -0.3 is 23.7 Å². The number of rotatable bonds is 12. The van der Waals surface area contributed by atoms with E-state index < -0.39 is 23.5 Å². The van der Waals surface area contributed by atoms with Crippen molar-refractivity contribution in [2.75, 3.05) is 26.9 Å². The third kappa shape index (κ3) is 7.98. The molecule has 49 heavy (non-hydrogen) atoms. The number of benzene rings is 3. The maximum Gasteiger partial charge on any atom is 0.343 e. The molecule has 0 aliphatic carbocycles. The van der Waals surface area contributed by atoms with E-state index in [4.69, 9.17) is 42.1 Å². The zero-order valence-electron chi connectivity index (χ0n) is 26.9. The molecule has 4 aromatic rings. The number of fused-ring (bicyclic) bond motifs is 1. The molecule has 256 valence electrons. The van der Waals surface area contributed by atoms with E-state index >= 15 is 0 Å². The maximum atomic E-state index is 14.3. The molecule has 10 nitrogen and oxygen atoms in total. The Balaban J connectivity index is 1.64. The van der Waals surface area contributed by atoms with Gasteiger partial charge in [0, 0.05) is 10.6 Å². The van der Waals surface area contributed by atoms with Crippen molar-refractivity contribution in [3.05, 3.63) is 118 Å². The first-order valence-electron chi connectivity index (χ1n) is 15.1. The van der Waals surface area contributed by atoms with Gasteiger partial charge in [0.2, 0.25) is 0 Å². The molecule has 1 aromatic heterocycles. The monoisotopic (exact) mass is 728 g/mol. The van der Waals surface area contributed by atoms with Crippen molar-refractivity contribution in [3.8, 4) is 17.2 Å². The van der Waals surface area contributed by atoms with E-state index in [9.17, 15) is 18.8 Å². The number of methoxy groups -OCH3 is 1. The van der Waals surface area contributed by atoms with Gasteiger partial charge in [-0.05, 0) is 74.4 Å². The van der Waals surface area contributed by atoms with Gasteiger partial charge in [0.1, 0.15) is 18.2 Å². The molecule has 2 heterocycles. The summed E-state index contributed by atoms with van der Waals surface area (Å²) in [5.74, 6) is -0.754. The van der Waals surface area contributed by atoms with E-state index in [2.05, 4.69) is 9.73 Å². The molecule has 1 aliphatic rings. The molecule has 3 aromatic carbocycles. The Labute approximate surface area is 294 Å². The number of hydrogen-bond donors (Lipinski definition) is 0. The molecule has 1 aliphatic heterocycles. The SMILES string of the molecule is CCOC(=O)C1=C(C)N=c2s/c(=C/c3cc(Cl)cc(Cl)c3OCc3ccc(F)cc3)c(=O)n2[C@@H]1c1ccc(OCC(=O)OC)c(OCC)c1. The maximum absolute atomic E-state index is 14.3. The van der Waals surface area contributed by atoms with E-state index in [1.807, 2.05) is 0 Å². The van der Waals surface area contributed by atoms with E-state index in [1.54, 1.807) is 63.2 Å². The lowest BCUT2D eigenvalue weighted by Gasteiger charge is -2.25. The van der Waals surface area contributed by atoms with Gasteiger partial charge in [0.25, 0.3) is 5.56 Å². The molecule has 5 rings (SSSR count). The fourth-order valence-electron chi connectivity index (χ4n) is 5.10. The lowest BCUT2D eigenvalue weighted by Crippen LogP contribution is -2.40. The minimum atomic E-state index is -0.955. The molecule has 0 saturated carbocycles. The highest BCUT2D eigenvalue weighted by Crippen LogP contribution is 2.37. The van der Waals surface area contributed by atoms with Crippen molar-refractivity contribution in [2.45, 2.75) is 33.4 Å². The largest absolute Gasteiger partial charge is 0.490 e. The first-order chi connectivity index (χ1) is 23.5. The number of ether oxygens (including phenoxy) is 5. The second-order valence-electron chi connectivity index (χ2n) is 10.5. The Morgan fingerprint density at radius 2 is 1.76 bits per heavy atom. The van der Waals surface area contributed by atoms with Crippen LogP contribution in [0.5, 0.6) is 17.2 Å². The molecule has 14 heteroatoms. The van der Waals surface area contributed by atoms with Crippen molar-refractivity contribution in [1.82, 2.24) is 4.57 Å². The fraction of sp³-hybridized carbons (Fsp3) is 0.257. The molecule has 0 unspecified atom stereocenters.